The molecule has 1 N–H and O–H groups in total. The highest BCUT2D eigenvalue weighted by Crippen LogP contribution is 2.38. The molecule has 20 heavy (non-hydrogen) atoms. The van der Waals surface area contributed by atoms with E-state index in [2.05, 4.69) is 38.8 Å². The van der Waals surface area contributed by atoms with Gasteiger partial charge >= 0.3 is 5.97 Å². The number of benzene rings is 1. The van der Waals surface area contributed by atoms with Crippen molar-refractivity contribution < 1.29 is 14.3 Å². The quantitative estimate of drug-likeness (QED) is 0.855. The van der Waals surface area contributed by atoms with Crippen molar-refractivity contribution in [3.8, 4) is 5.75 Å². The summed E-state index contributed by atoms with van der Waals surface area (Å²) in [5.41, 5.74) is 0.704. The minimum Gasteiger partial charge on any atom is -0.543 e. The first kappa shape index (κ1) is 15.0. The second-order valence-corrected chi connectivity index (χ2v) is 12.1. The number of nitrogens with zero attached hydrogens (tertiary/aromatic N) is 1. The van der Waals surface area contributed by atoms with Crippen LogP contribution in [0.5, 0.6) is 5.75 Å². The molecule has 0 fully saturated rings. The van der Waals surface area contributed by atoms with Crippen molar-refractivity contribution in [1.82, 2.24) is 4.98 Å². The van der Waals surface area contributed by atoms with Crippen molar-refractivity contribution >= 4 is 35.8 Å². The van der Waals surface area contributed by atoms with Gasteiger partial charge in [-0.1, -0.05) is 20.8 Å². The number of carboxylic acids is 1. The Morgan fingerprint density at radius 1 is 1.35 bits per heavy atom. The van der Waals surface area contributed by atoms with Gasteiger partial charge in [0.25, 0.3) is 0 Å². The fourth-order valence-corrected chi connectivity index (χ4v) is 3.36. The van der Waals surface area contributed by atoms with Gasteiger partial charge in [0.15, 0.2) is 0 Å². The zero-order valence-electron chi connectivity index (χ0n) is 12.4. The molecule has 0 spiro atoms. The van der Waals surface area contributed by atoms with Gasteiger partial charge in [-0.3, -0.25) is 0 Å². The Balaban J connectivity index is 2.35. The summed E-state index contributed by atoms with van der Waals surface area (Å²) in [5, 5.41) is 9.21. The van der Waals surface area contributed by atoms with E-state index in [1.807, 2.05) is 18.2 Å². The zero-order chi connectivity index (χ0) is 15.1. The number of aromatic nitrogens is 1. The second-order valence-electron chi connectivity index (χ2n) is 6.32. The maximum Gasteiger partial charge on any atom is 0.365 e. The Kier molecular flexibility index (Phi) is 3.64. The predicted molar refractivity (Wildman–Crippen MR) is 84.4 cm³/mol. The van der Waals surface area contributed by atoms with Crippen LogP contribution in [0, 0.1) is 0 Å². The maximum absolute atomic E-state index is 10.9. The Bertz CT molecular complexity index is 658. The molecular formula is C14H19NO3SSi. The molecule has 1 aromatic heterocycles. The van der Waals surface area contributed by atoms with Crippen LogP contribution in [-0.4, -0.2) is 24.4 Å². The molecule has 0 aliphatic carbocycles. The Hall–Kier alpha value is -1.40. The van der Waals surface area contributed by atoms with Gasteiger partial charge in [0, 0.05) is 0 Å². The third kappa shape index (κ3) is 2.86. The second kappa shape index (κ2) is 4.86. The van der Waals surface area contributed by atoms with Gasteiger partial charge < -0.3 is 9.53 Å². The molecule has 0 unspecified atom stereocenters. The van der Waals surface area contributed by atoms with Crippen molar-refractivity contribution in [2.45, 2.75) is 38.9 Å². The molecule has 4 nitrogen and oxygen atoms in total. The number of thiazole rings is 1. The molecule has 1 aromatic carbocycles. The molecular weight excluding hydrogens is 290 g/mol. The standard InChI is InChI=1S/C14H19NO3SSi/c1-14(2,3)20(4,5)18-9-6-7-10-11(8-9)19-12(15-10)13(16)17/h6-8H,1-5H3,(H,16,17). The van der Waals surface area contributed by atoms with Crippen LogP contribution in [0.1, 0.15) is 30.6 Å². The van der Waals surface area contributed by atoms with Gasteiger partial charge in [-0.25, -0.2) is 9.78 Å². The van der Waals surface area contributed by atoms with Crippen LogP contribution in [-0.2, 0) is 0 Å². The molecule has 6 heteroatoms. The van der Waals surface area contributed by atoms with Gasteiger partial charge in [0.05, 0.1) is 10.2 Å². The molecule has 108 valence electrons. The molecule has 0 saturated carbocycles. The van der Waals surface area contributed by atoms with Crippen LogP contribution in [0.2, 0.25) is 18.1 Å². The van der Waals surface area contributed by atoms with Gasteiger partial charge in [-0.15, -0.1) is 11.3 Å². The minimum absolute atomic E-state index is 0.115. The number of carboxylic acid groups (broad SMARTS) is 1. The lowest BCUT2D eigenvalue weighted by Gasteiger charge is -2.36. The number of carbonyl (C=O) groups is 1. The number of aromatic carboxylic acids is 1. The molecule has 0 bridgehead atoms. The maximum atomic E-state index is 10.9. The summed E-state index contributed by atoms with van der Waals surface area (Å²) in [6.45, 7) is 10.9. The summed E-state index contributed by atoms with van der Waals surface area (Å²) in [6, 6.07) is 5.58. The highest BCUT2D eigenvalue weighted by atomic mass is 32.1. The predicted octanol–water partition coefficient (Wildman–Crippen LogP) is 4.38. The molecule has 0 amide bonds. The van der Waals surface area contributed by atoms with Gasteiger partial charge in [-0.05, 0) is 36.3 Å². The average Bonchev–Trinajstić information content (AvgIpc) is 2.69. The lowest BCUT2D eigenvalue weighted by molar-refractivity contribution is 0.0696. The molecule has 0 saturated heterocycles. The number of rotatable bonds is 3. The van der Waals surface area contributed by atoms with E-state index < -0.39 is 14.3 Å². The van der Waals surface area contributed by atoms with Crippen molar-refractivity contribution in [3.63, 3.8) is 0 Å². The van der Waals surface area contributed by atoms with E-state index in [0.717, 1.165) is 10.4 Å². The van der Waals surface area contributed by atoms with E-state index in [0.29, 0.717) is 5.52 Å². The summed E-state index contributed by atoms with van der Waals surface area (Å²) < 4.78 is 7.06. The molecule has 2 rings (SSSR count). The van der Waals surface area contributed by atoms with Crippen LogP contribution >= 0.6 is 11.3 Å². The molecule has 0 aliphatic rings. The monoisotopic (exact) mass is 309 g/mol. The number of fused-ring (bicyclic) bond motifs is 1. The lowest BCUT2D eigenvalue weighted by Crippen LogP contribution is -2.43. The van der Waals surface area contributed by atoms with E-state index in [-0.39, 0.29) is 10.0 Å². The Labute approximate surface area is 123 Å². The summed E-state index contributed by atoms with van der Waals surface area (Å²) in [6.07, 6.45) is 0. The van der Waals surface area contributed by atoms with Gasteiger partial charge in [0.2, 0.25) is 13.3 Å². The van der Waals surface area contributed by atoms with Crippen molar-refractivity contribution in [2.24, 2.45) is 0 Å². The zero-order valence-corrected chi connectivity index (χ0v) is 14.2. The fraction of sp³-hybridized carbons (Fsp3) is 0.429. The largest absolute Gasteiger partial charge is 0.543 e. The first-order chi connectivity index (χ1) is 9.10. The van der Waals surface area contributed by atoms with Gasteiger partial charge in [-0.2, -0.15) is 0 Å². The molecule has 2 aromatic rings. The lowest BCUT2D eigenvalue weighted by atomic mass is 10.2. The summed E-state index contributed by atoms with van der Waals surface area (Å²) >= 11 is 1.18. The summed E-state index contributed by atoms with van der Waals surface area (Å²) in [5.74, 6) is -0.192. The molecule has 0 aliphatic heterocycles. The van der Waals surface area contributed by atoms with Crippen molar-refractivity contribution in [3.05, 3.63) is 23.2 Å². The molecule has 0 radical (unpaired) electrons. The van der Waals surface area contributed by atoms with Crippen LogP contribution < -0.4 is 4.43 Å². The van der Waals surface area contributed by atoms with E-state index in [9.17, 15) is 4.79 Å². The third-order valence-corrected chi connectivity index (χ3v) is 9.09. The number of hydrogen-bond donors (Lipinski definition) is 1. The highest BCUT2D eigenvalue weighted by Gasteiger charge is 2.39. The fourth-order valence-electron chi connectivity index (χ4n) is 1.51. The highest BCUT2D eigenvalue weighted by molar-refractivity contribution is 7.20. The van der Waals surface area contributed by atoms with Crippen LogP contribution in [0.25, 0.3) is 10.2 Å². The van der Waals surface area contributed by atoms with E-state index in [1.165, 1.54) is 11.3 Å². The first-order valence-electron chi connectivity index (χ1n) is 6.43. The average molecular weight is 309 g/mol. The molecule has 1 heterocycles. The Morgan fingerprint density at radius 3 is 2.55 bits per heavy atom. The van der Waals surface area contributed by atoms with Crippen LogP contribution in [0.3, 0.4) is 0 Å². The van der Waals surface area contributed by atoms with Crippen molar-refractivity contribution in [1.29, 1.82) is 0 Å². The van der Waals surface area contributed by atoms with Crippen LogP contribution in [0.15, 0.2) is 18.2 Å². The number of hydrogen-bond acceptors (Lipinski definition) is 4. The van der Waals surface area contributed by atoms with Gasteiger partial charge in [0.1, 0.15) is 5.75 Å². The van der Waals surface area contributed by atoms with E-state index in [1.54, 1.807) is 0 Å². The van der Waals surface area contributed by atoms with E-state index >= 15 is 0 Å². The molecule has 0 atom stereocenters. The summed E-state index contributed by atoms with van der Waals surface area (Å²) in [4.78, 5) is 15.0. The smallest absolute Gasteiger partial charge is 0.365 e. The SMILES string of the molecule is CC(C)(C)[Si](C)(C)Oc1ccc2nc(C(=O)O)sc2c1. The topological polar surface area (TPSA) is 59.4 Å². The Morgan fingerprint density at radius 2 is 2.00 bits per heavy atom. The summed E-state index contributed by atoms with van der Waals surface area (Å²) in [7, 11) is -1.88. The van der Waals surface area contributed by atoms with Crippen LogP contribution in [0.4, 0.5) is 0 Å². The first-order valence-corrected chi connectivity index (χ1v) is 10.2. The third-order valence-electron chi connectivity index (χ3n) is 3.72. The van der Waals surface area contributed by atoms with E-state index in [4.69, 9.17) is 9.53 Å². The normalized spacial score (nSPS) is 12.7. The minimum atomic E-state index is -1.88. The van der Waals surface area contributed by atoms with Crippen molar-refractivity contribution in [2.75, 3.05) is 0 Å².